The van der Waals surface area contributed by atoms with Gasteiger partial charge < -0.3 is 4.74 Å². The zero-order valence-electron chi connectivity index (χ0n) is 10.8. The van der Waals surface area contributed by atoms with Crippen LogP contribution in [0.4, 0.5) is 0 Å². The zero-order chi connectivity index (χ0) is 13.1. The molecule has 0 N–H and O–H groups in total. The Morgan fingerprint density at radius 1 is 0.947 bits per heavy atom. The van der Waals surface area contributed by atoms with Crippen LogP contribution in [0.15, 0.2) is 48.5 Å². The average Bonchev–Trinajstić information content (AvgIpc) is 2.46. The fraction of sp³-hybridized carbons (Fsp3) is 0.235. The summed E-state index contributed by atoms with van der Waals surface area (Å²) >= 11 is 0. The summed E-state index contributed by atoms with van der Waals surface area (Å²) in [5.74, 6) is 1.17. The quantitative estimate of drug-likeness (QED) is 0.837. The van der Waals surface area contributed by atoms with Gasteiger partial charge in [-0.3, -0.25) is 4.79 Å². The number of hydrogen-bond donors (Lipinski definition) is 0. The van der Waals surface area contributed by atoms with E-state index >= 15 is 0 Å². The molecule has 0 radical (unpaired) electrons. The molecular weight excluding hydrogens is 236 g/mol. The van der Waals surface area contributed by atoms with Gasteiger partial charge in [0.1, 0.15) is 18.1 Å². The first-order chi connectivity index (χ1) is 9.31. The van der Waals surface area contributed by atoms with E-state index in [0.29, 0.717) is 25.2 Å². The second-order valence-corrected chi connectivity index (χ2v) is 4.92. The van der Waals surface area contributed by atoms with Crippen LogP contribution < -0.4 is 4.74 Å². The lowest BCUT2D eigenvalue weighted by atomic mass is 9.91. The molecule has 0 bridgehead atoms. The number of fused-ring (bicyclic) bond motifs is 1. The molecule has 0 saturated carbocycles. The highest BCUT2D eigenvalue weighted by Crippen LogP contribution is 2.24. The van der Waals surface area contributed by atoms with Gasteiger partial charge in [0.05, 0.1) is 0 Å². The number of aryl methyl sites for hydroxylation is 1. The average molecular weight is 252 g/mol. The van der Waals surface area contributed by atoms with Gasteiger partial charge in [-0.1, -0.05) is 36.4 Å². The number of carbonyl (C=O) groups is 1. The molecule has 0 atom stereocenters. The van der Waals surface area contributed by atoms with Gasteiger partial charge in [-0.15, -0.1) is 0 Å². The van der Waals surface area contributed by atoms with Crippen LogP contribution in [0.1, 0.15) is 23.1 Å². The summed E-state index contributed by atoms with van der Waals surface area (Å²) in [6.45, 7) is 0.563. The monoisotopic (exact) mass is 252 g/mol. The van der Waals surface area contributed by atoms with E-state index in [1.807, 2.05) is 42.5 Å². The van der Waals surface area contributed by atoms with Crippen LogP contribution >= 0.6 is 0 Å². The van der Waals surface area contributed by atoms with Gasteiger partial charge in [0, 0.05) is 12.8 Å². The third kappa shape index (κ3) is 2.84. The Labute approximate surface area is 113 Å². The molecule has 0 saturated heterocycles. The Kier molecular flexibility index (Phi) is 3.32. The summed E-state index contributed by atoms with van der Waals surface area (Å²) in [6, 6.07) is 16.2. The summed E-state index contributed by atoms with van der Waals surface area (Å²) in [7, 11) is 0. The molecule has 0 fully saturated rings. The standard InChI is InChI=1S/C17H16O2/c18-16-8-6-14-7-9-17(11-15(14)10-16)19-12-13-4-2-1-3-5-13/h1-5,7,9,11H,6,8,10,12H2. The normalized spacial score (nSPS) is 14.0. The summed E-state index contributed by atoms with van der Waals surface area (Å²) < 4.78 is 5.78. The Morgan fingerprint density at radius 3 is 2.63 bits per heavy atom. The Morgan fingerprint density at radius 2 is 1.79 bits per heavy atom. The molecule has 2 aromatic carbocycles. The molecule has 0 aliphatic heterocycles. The zero-order valence-corrected chi connectivity index (χ0v) is 10.8. The molecule has 3 rings (SSSR count). The van der Waals surface area contributed by atoms with Crippen LogP contribution in [-0.2, 0) is 24.2 Å². The molecule has 2 nitrogen and oxygen atoms in total. The molecule has 96 valence electrons. The highest BCUT2D eigenvalue weighted by molar-refractivity contribution is 5.83. The van der Waals surface area contributed by atoms with E-state index in [9.17, 15) is 4.79 Å². The largest absolute Gasteiger partial charge is 0.489 e. The minimum Gasteiger partial charge on any atom is -0.489 e. The molecule has 0 amide bonds. The summed E-state index contributed by atoms with van der Waals surface area (Å²) in [5, 5.41) is 0. The Hall–Kier alpha value is -2.09. The summed E-state index contributed by atoms with van der Waals surface area (Å²) in [4.78, 5) is 11.5. The number of hydrogen-bond acceptors (Lipinski definition) is 2. The van der Waals surface area contributed by atoms with Crippen LogP contribution in [0.5, 0.6) is 5.75 Å². The van der Waals surface area contributed by atoms with E-state index in [0.717, 1.165) is 23.3 Å². The Bertz CT molecular complexity index is 587. The van der Waals surface area contributed by atoms with Crippen molar-refractivity contribution in [3.63, 3.8) is 0 Å². The first kappa shape index (κ1) is 12.0. The summed E-state index contributed by atoms with van der Waals surface area (Å²) in [5.41, 5.74) is 3.56. The van der Waals surface area contributed by atoms with Crippen LogP contribution in [-0.4, -0.2) is 5.78 Å². The van der Waals surface area contributed by atoms with E-state index < -0.39 is 0 Å². The number of ketones is 1. The van der Waals surface area contributed by atoms with E-state index in [-0.39, 0.29) is 0 Å². The van der Waals surface area contributed by atoms with Gasteiger partial charge in [-0.05, 0) is 35.2 Å². The highest BCUT2D eigenvalue weighted by atomic mass is 16.5. The first-order valence-electron chi connectivity index (χ1n) is 6.61. The fourth-order valence-corrected chi connectivity index (χ4v) is 2.42. The molecule has 0 aromatic heterocycles. The van der Waals surface area contributed by atoms with Crippen LogP contribution in [0.2, 0.25) is 0 Å². The minimum absolute atomic E-state index is 0.327. The molecule has 19 heavy (non-hydrogen) atoms. The molecule has 1 aliphatic rings. The predicted molar refractivity (Wildman–Crippen MR) is 74.2 cm³/mol. The van der Waals surface area contributed by atoms with Crippen molar-refractivity contribution < 1.29 is 9.53 Å². The van der Waals surface area contributed by atoms with Crippen molar-refractivity contribution in [2.24, 2.45) is 0 Å². The van der Waals surface area contributed by atoms with E-state index in [1.165, 1.54) is 5.56 Å². The molecule has 0 spiro atoms. The van der Waals surface area contributed by atoms with Gasteiger partial charge in [-0.2, -0.15) is 0 Å². The molecule has 1 aliphatic carbocycles. The molecule has 0 unspecified atom stereocenters. The number of benzene rings is 2. The first-order valence-corrected chi connectivity index (χ1v) is 6.61. The van der Waals surface area contributed by atoms with Crippen molar-refractivity contribution in [2.75, 3.05) is 0 Å². The van der Waals surface area contributed by atoms with Gasteiger partial charge >= 0.3 is 0 Å². The van der Waals surface area contributed by atoms with E-state index in [1.54, 1.807) is 0 Å². The molecular formula is C17H16O2. The third-order valence-corrected chi connectivity index (χ3v) is 3.49. The Balaban J connectivity index is 1.72. The predicted octanol–water partition coefficient (Wildman–Crippen LogP) is 3.32. The third-order valence-electron chi connectivity index (χ3n) is 3.49. The SMILES string of the molecule is O=C1CCc2ccc(OCc3ccccc3)cc2C1. The maximum absolute atomic E-state index is 11.5. The van der Waals surface area contributed by atoms with E-state index in [4.69, 9.17) is 4.74 Å². The second kappa shape index (κ2) is 5.27. The molecule has 0 heterocycles. The van der Waals surface area contributed by atoms with Crippen LogP contribution in [0.3, 0.4) is 0 Å². The summed E-state index contributed by atoms with van der Waals surface area (Å²) in [6.07, 6.45) is 2.10. The van der Waals surface area contributed by atoms with Crippen molar-refractivity contribution in [3.05, 3.63) is 65.2 Å². The minimum atomic E-state index is 0.327. The fourth-order valence-electron chi connectivity index (χ4n) is 2.42. The van der Waals surface area contributed by atoms with Gasteiger partial charge in [-0.25, -0.2) is 0 Å². The van der Waals surface area contributed by atoms with E-state index in [2.05, 4.69) is 6.07 Å². The van der Waals surface area contributed by atoms with Gasteiger partial charge in [0.15, 0.2) is 0 Å². The lowest BCUT2D eigenvalue weighted by Crippen LogP contribution is -2.13. The van der Waals surface area contributed by atoms with Gasteiger partial charge in [0.2, 0.25) is 0 Å². The van der Waals surface area contributed by atoms with Crippen molar-refractivity contribution in [2.45, 2.75) is 25.9 Å². The van der Waals surface area contributed by atoms with Gasteiger partial charge in [0.25, 0.3) is 0 Å². The lowest BCUT2D eigenvalue weighted by molar-refractivity contribution is -0.118. The van der Waals surface area contributed by atoms with Crippen molar-refractivity contribution in [1.82, 2.24) is 0 Å². The van der Waals surface area contributed by atoms with Crippen LogP contribution in [0.25, 0.3) is 0 Å². The van der Waals surface area contributed by atoms with Crippen LogP contribution in [0, 0.1) is 0 Å². The molecule has 2 heteroatoms. The van der Waals surface area contributed by atoms with Crippen molar-refractivity contribution in [1.29, 1.82) is 0 Å². The highest BCUT2D eigenvalue weighted by Gasteiger charge is 2.15. The maximum Gasteiger partial charge on any atom is 0.137 e. The lowest BCUT2D eigenvalue weighted by Gasteiger charge is -2.16. The topological polar surface area (TPSA) is 26.3 Å². The molecule has 2 aromatic rings. The second-order valence-electron chi connectivity index (χ2n) is 4.92. The number of rotatable bonds is 3. The number of Topliss-reactive ketones (excluding diaryl/α,β-unsaturated/α-hetero) is 1. The smallest absolute Gasteiger partial charge is 0.137 e. The van der Waals surface area contributed by atoms with Crippen molar-refractivity contribution >= 4 is 5.78 Å². The number of ether oxygens (including phenoxy) is 1. The van der Waals surface area contributed by atoms with Crippen molar-refractivity contribution in [3.8, 4) is 5.75 Å². The maximum atomic E-state index is 11.5. The number of carbonyl (C=O) groups excluding carboxylic acids is 1.